The van der Waals surface area contributed by atoms with Gasteiger partial charge < -0.3 is 16.0 Å². The van der Waals surface area contributed by atoms with Gasteiger partial charge in [0.2, 0.25) is 11.8 Å². The largest absolute Gasteiger partial charge is 0.324 e. The Morgan fingerprint density at radius 2 is 1.61 bits per heavy atom. The second-order valence-corrected chi connectivity index (χ2v) is 7.33. The topological polar surface area (TPSA) is 75.4 Å². The van der Waals surface area contributed by atoms with Gasteiger partial charge in [-0.1, -0.05) is 49.6 Å². The molecule has 6 heteroatoms. The summed E-state index contributed by atoms with van der Waals surface area (Å²) in [5.74, 6) is -0.101. The van der Waals surface area contributed by atoms with Gasteiger partial charge in [0, 0.05) is 18.4 Å². The van der Waals surface area contributed by atoms with Crippen molar-refractivity contribution in [3.05, 3.63) is 60.2 Å². The van der Waals surface area contributed by atoms with Crippen molar-refractivity contribution < 1.29 is 9.59 Å². The lowest BCUT2D eigenvalue weighted by Gasteiger charge is -2.31. The molecule has 1 aliphatic rings. The molecule has 3 N–H and O–H groups in total. The quantitative estimate of drug-likeness (QED) is 0.797. The predicted molar refractivity (Wildman–Crippen MR) is 116 cm³/mol. The second kappa shape index (κ2) is 9.71. The van der Waals surface area contributed by atoms with Crippen LogP contribution in [0, 0.1) is 0 Å². The highest BCUT2D eigenvalue weighted by molar-refractivity contribution is 5.98. The average Bonchev–Trinajstić information content (AvgIpc) is 2.70. The van der Waals surface area contributed by atoms with Crippen molar-refractivity contribution in [1.29, 1.82) is 0 Å². The molecule has 2 aromatic rings. The van der Waals surface area contributed by atoms with Crippen molar-refractivity contribution in [3.8, 4) is 0 Å². The maximum Gasteiger partial charge on any atom is 0.244 e. The number of halogens is 1. The van der Waals surface area contributed by atoms with Crippen LogP contribution in [0.5, 0.6) is 0 Å². The van der Waals surface area contributed by atoms with Gasteiger partial charge in [0.1, 0.15) is 0 Å². The molecule has 0 aliphatic heterocycles. The van der Waals surface area contributed by atoms with Crippen molar-refractivity contribution in [2.45, 2.75) is 44.1 Å². The third-order valence-electron chi connectivity index (χ3n) is 5.28. The molecular weight excluding hydrogens is 374 g/mol. The Labute approximate surface area is 172 Å². The first kappa shape index (κ1) is 21.9. The Morgan fingerprint density at radius 3 is 2.21 bits per heavy atom. The van der Waals surface area contributed by atoms with Crippen LogP contribution >= 0.6 is 12.4 Å². The lowest BCUT2D eigenvalue weighted by Crippen LogP contribution is -2.52. The SMILES string of the molecule is CN(C(=O)Cc1ccc(NC(=O)C2(N)CCCCC2)cc1)c1ccccc1.Cl. The maximum absolute atomic E-state index is 12.5. The molecule has 0 bridgehead atoms. The zero-order valence-electron chi connectivity index (χ0n) is 16.2. The number of likely N-dealkylation sites (N-methyl/N-ethyl adjacent to an activating group) is 1. The van der Waals surface area contributed by atoms with Crippen LogP contribution in [0.2, 0.25) is 0 Å². The molecule has 3 rings (SSSR count). The maximum atomic E-state index is 12.5. The van der Waals surface area contributed by atoms with Crippen LogP contribution < -0.4 is 16.0 Å². The van der Waals surface area contributed by atoms with E-state index in [1.807, 2.05) is 54.6 Å². The van der Waals surface area contributed by atoms with E-state index in [9.17, 15) is 9.59 Å². The van der Waals surface area contributed by atoms with Crippen LogP contribution in [0.1, 0.15) is 37.7 Å². The molecule has 2 aromatic carbocycles. The molecular formula is C22H28ClN3O2. The number of hydrogen-bond acceptors (Lipinski definition) is 3. The van der Waals surface area contributed by atoms with Crippen LogP contribution in [0.25, 0.3) is 0 Å². The Morgan fingerprint density at radius 1 is 1.00 bits per heavy atom. The van der Waals surface area contributed by atoms with E-state index in [4.69, 9.17) is 5.73 Å². The minimum atomic E-state index is -0.759. The number of anilines is 2. The molecule has 28 heavy (non-hydrogen) atoms. The number of carbonyl (C=O) groups excluding carboxylic acids is 2. The summed E-state index contributed by atoms with van der Waals surface area (Å²) in [6, 6.07) is 17.0. The van der Waals surface area contributed by atoms with E-state index >= 15 is 0 Å². The van der Waals surface area contributed by atoms with Crippen LogP contribution in [-0.2, 0) is 16.0 Å². The number of hydrogen-bond donors (Lipinski definition) is 2. The average molecular weight is 402 g/mol. The van der Waals surface area contributed by atoms with Crippen LogP contribution in [-0.4, -0.2) is 24.4 Å². The first-order chi connectivity index (χ1) is 13.0. The van der Waals surface area contributed by atoms with Crippen LogP contribution in [0.15, 0.2) is 54.6 Å². The summed E-state index contributed by atoms with van der Waals surface area (Å²) >= 11 is 0. The number of para-hydroxylation sites is 1. The van der Waals surface area contributed by atoms with Crippen molar-refractivity contribution in [2.24, 2.45) is 5.73 Å². The predicted octanol–water partition coefficient (Wildman–Crippen LogP) is 3.91. The number of nitrogens with two attached hydrogens (primary N) is 1. The van der Waals surface area contributed by atoms with Crippen molar-refractivity contribution in [2.75, 3.05) is 17.3 Å². The highest BCUT2D eigenvalue weighted by atomic mass is 35.5. The Hall–Kier alpha value is -2.37. The van der Waals surface area contributed by atoms with E-state index in [1.165, 1.54) is 0 Å². The molecule has 1 fully saturated rings. The third kappa shape index (κ3) is 5.33. The van der Waals surface area contributed by atoms with E-state index in [2.05, 4.69) is 5.32 Å². The van der Waals surface area contributed by atoms with Crippen LogP contribution in [0.3, 0.4) is 0 Å². The Balaban J connectivity index is 0.00000280. The Bertz CT molecular complexity index is 787. The van der Waals surface area contributed by atoms with Gasteiger partial charge in [-0.25, -0.2) is 0 Å². The smallest absolute Gasteiger partial charge is 0.244 e. The third-order valence-corrected chi connectivity index (χ3v) is 5.28. The molecule has 0 unspecified atom stereocenters. The molecule has 0 spiro atoms. The normalized spacial score (nSPS) is 15.2. The van der Waals surface area contributed by atoms with Gasteiger partial charge in [-0.2, -0.15) is 0 Å². The monoisotopic (exact) mass is 401 g/mol. The highest BCUT2D eigenvalue weighted by Gasteiger charge is 2.35. The fraction of sp³-hybridized carbons (Fsp3) is 0.364. The van der Waals surface area contributed by atoms with Crippen molar-refractivity contribution in [3.63, 3.8) is 0 Å². The molecule has 0 radical (unpaired) electrons. The van der Waals surface area contributed by atoms with Gasteiger partial charge in [-0.05, 0) is 42.7 Å². The lowest BCUT2D eigenvalue weighted by molar-refractivity contribution is -0.122. The minimum absolute atomic E-state index is 0. The summed E-state index contributed by atoms with van der Waals surface area (Å²) in [7, 11) is 1.77. The summed E-state index contributed by atoms with van der Waals surface area (Å²) in [4.78, 5) is 26.6. The number of rotatable bonds is 5. The zero-order valence-corrected chi connectivity index (χ0v) is 17.0. The van der Waals surface area contributed by atoms with Gasteiger partial charge >= 0.3 is 0 Å². The summed E-state index contributed by atoms with van der Waals surface area (Å²) in [5.41, 5.74) is 8.00. The number of nitrogens with zero attached hydrogens (tertiary/aromatic N) is 1. The molecule has 150 valence electrons. The molecule has 5 nitrogen and oxygen atoms in total. The number of carbonyl (C=O) groups is 2. The standard InChI is InChI=1S/C22H27N3O2.ClH/c1-25(19-8-4-2-5-9-19)20(26)16-17-10-12-18(13-11-17)24-21(27)22(23)14-6-3-7-15-22;/h2,4-5,8-13H,3,6-7,14-16,23H2,1H3,(H,24,27);1H. The molecule has 2 amide bonds. The van der Waals surface area contributed by atoms with Gasteiger partial charge in [-0.15, -0.1) is 12.4 Å². The molecule has 0 atom stereocenters. The summed E-state index contributed by atoms with van der Waals surface area (Å²) in [6.45, 7) is 0. The van der Waals surface area contributed by atoms with E-state index in [0.29, 0.717) is 12.1 Å². The first-order valence-corrected chi connectivity index (χ1v) is 9.49. The Kier molecular flexibility index (Phi) is 7.61. The molecule has 0 saturated heterocycles. The summed E-state index contributed by atoms with van der Waals surface area (Å²) in [6.07, 6.45) is 4.92. The minimum Gasteiger partial charge on any atom is -0.324 e. The fourth-order valence-electron chi connectivity index (χ4n) is 3.46. The summed E-state index contributed by atoms with van der Waals surface area (Å²) < 4.78 is 0. The van der Waals surface area contributed by atoms with Gasteiger partial charge in [-0.3, -0.25) is 9.59 Å². The number of amides is 2. The van der Waals surface area contributed by atoms with E-state index < -0.39 is 5.54 Å². The molecule has 1 saturated carbocycles. The fourth-order valence-corrected chi connectivity index (χ4v) is 3.46. The van der Waals surface area contributed by atoms with E-state index in [1.54, 1.807) is 11.9 Å². The highest BCUT2D eigenvalue weighted by Crippen LogP contribution is 2.27. The summed E-state index contributed by atoms with van der Waals surface area (Å²) in [5, 5.41) is 2.92. The second-order valence-electron chi connectivity index (χ2n) is 7.33. The molecule has 1 aliphatic carbocycles. The van der Waals surface area contributed by atoms with E-state index in [-0.39, 0.29) is 24.2 Å². The molecule has 0 aromatic heterocycles. The van der Waals surface area contributed by atoms with E-state index in [0.717, 1.165) is 43.4 Å². The number of benzene rings is 2. The van der Waals surface area contributed by atoms with Gasteiger partial charge in [0.25, 0.3) is 0 Å². The number of nitrogens with one attached hydrogen (secondary N) is 1. The van der Waals surface area contributed by atoms with Crippen molar-refractivity contribution >= 4 is 35.6 Å². The first-order valence-electron chi connectivity index (χ1n) is 9.49. The van der Waals surface area contributed by atoms with Gasteiger partial charge in [0.15, 0.2) is 0 Å². The molecule has 0 heterocycles. The van der Waals surface area contributed by atoms with Crippen LogP contribution in [0.4, 0.5) is 11.4 Å². The lowest BCUT2D eigenvalue weighted by atomic mass is 9.82. The van der Waals surface area contributed by atoms with Gasteiger partial charge in [0.05, 0.1) is 12.0 Å². The zero-order chi connectivity index (χ0) is 19.3. The van der Waals surface area contributed by atoms with Crippen molar-refractivity contribution in [1.82, 2.24) is 0 Å².